The highest BCUT2D eigenvalue weighted by Gasteiger charge is 2.15. The fourth-order valence-corrected chi connectivity index (χ4v) is 3.22. The Morgan fingerprint density at radius 3 is 2.72 bits per heavy atom. The van der Waals surface area contributed by atoms with Gasteiger partial charge in [0.15, 0.2) is 0 Å². The van der Waals surface area contributed by atoms with Gasteiger partial charge in [0.2, 0.25) is 10.0 Å². The summed E-state index contributed by atoms with van der Waals surface area (Å²) in [5.74, 6) is -0.745. The molecule has 8 heteroatoms. The molecule has 0 bridgehead atoms. The molecule has 102 valence electrons. The van der Waals surface area contributed by atoms with Crippen LogP contribution in [0.2, 0.25) is 5.02 Å². The average Bonchev–Trinajstić information content (AvgIpc) is 2.23. The van der Waals surface area contributed by atoms with E-state index in [0.29, 0.717) is 6.61 Å². The molecule has 0 amide bonds. The lowest BCUT2D eigenvalue weighted by Gasteiger charge is -2.11. The van der Waals surface area contributed by atoms with Crippen LogP contribution in [0.15, 0.2) is 16.6 Å². The van der Waals surface area contributed by atoms with Gasteiger partial charge >= 0.3 is 0 Å². The summed E-state index contributed by atoms with van der Waals surface area (Å²) in [7, 11) is -3.58. The third-order valence-electron chi connectivity index (χ3n) is 1.96. The van der Waals surface area contributed by atoms with E-state index >= 15 is 0 Å². The second kappa shape index (κ2) is 6.70. The van der Waals surface area contributed by atoms with Gasteiger partial charge in [-0.2, -0.15) is 0 Å². The van der Waals surface area contributed by atoms with Gasteiger partial charge in [-0.05, 0) is 35.0 Å². The summed E-state index contributed by atoms with van der Waals surface area (Å²) in [5.41, 5.74) is 0.120. The summed E-state index contributed by atoms with van der Waals surface area (Å²) in [5, 5.41) is -0.0122. The zero-order valence-electron chi connectivity index (χ0n) is 9.54. The molecular formula is C10H12BrClFNO3S. The molecule has 0 spiro atoms. The van der Waals surface area contributed by atoms with Gasteiger partial charge in [-0.15, -0.1) is 0 Å². The van der Waals surface area contributed by atoms with Crippen LogP contribution in [0.4, 0.5) is 10.1 Å². The van der Waals surface area contributed by atoms with E-state index in [-0.39, 0.29) is 27.5 Å². The first kappa shape index (κ1) is 15.7. The van der Waals surface area contributed by atoms with Gasteiger partial charge in [0.1, 0.15) is 5.82 Å². The van der Waals surface area contributed by atoms with Gasteiger partial charge < -0.3 is 4.74 Å². The molecule has 0 heterocycles. The van der Waals surface area contributed by atoms with Crippen LogP contribution in [0.1, 0.15) is 6.92 Å². The van der Waals surface area contributed by atoms with Crippen molar-refractivity contribution in [2.45, 2.75) is 6.92 Å². The molecule has 0 aliphatic heterocycles. The molecule has 0 atom stereocenters. The van der Waals surface area contributed by atoms with Gasteiger partial charge in [-0.25, -0.2) is 12.8 Å². The standard InChI is InChI=1S/C10H12BrClFNO3S/c1-2-17-3-4-18(15,16)14-10-8(11)5-7(13)6-9(10)12/h5-6,14H,2-4H2,1H3. The largest absolute Gasteiger partial charge is 0.381 e. The van der Waals surface area contributed by atoms with Crippen LogP contribution in [-0.2, 0) is 14.8 Å². The quantitative estimate of drug-likeness (QED) is 0.793. The van der Waals surface area contributed by atoms with E-state index in [2.05, 4.69) is 20.7 Å². The maximum Gasteiger partial charge on any atom is 0.235 e. The smallest absolute Gasteiger partial charge is 0.235 e. The van der Waals surface area contributed by atoms with Gasteiger partial charge in [0.25, 0.3) is 0 Å². The predicted molar refractivity (Wildman–Crippen MR) is 73.0 cm³/mol. The Labute approximate surface area is 119 Å². The molecular weight excluding hydrogens is 349 g/mol. The van der Waals surface area contributed by atoms with Crippen LogP contribution >= 0.6 is 27.5 Å². The Balaban J connectivity index is 2.84. The first-order valence-electron chi connectivity index (χ1n) is 5.08. The second-order valence-electron chi connectivity index (χ2n) is 3.36. The highest BCUT2D eigenvalue weighted by Crippen LogP contribution is 2.32. The first-order chi connectivity index (χ1) is 8.35. The number of anilines is 1. The van der Waals surface area contributed by atoms with E-state index in [4.69, 9.17) is 16.3 Å². The topological polar surface area (TPSA) is 55.4 Å². The Morgan fingerprint density at radius 2 is 2.17 bits per heavy atom. The van der Waals surface area contributed by atoms with E-state index < -0.39 is 15.8 Å². The highest BCUT2D eigenvalue weighted by molar-refractivity contribution is 9.10. The van der Waals surface area contributed by atoms with Crippen molar-refractivity contribution in [2.75, 3.05) is 23.7 Å². The molecule has 0 fully saturated rings. The number of benzene rings is 1. The minimum atomic E-state index is -3.58. The van der Waals surface area contributed by atoms with Crippen molar-refractivity contribution in [3.8, 4) is 0 Å². The molecule has 0 aliphatic rings. The van der Waals surface area contributed by atoms with E-state index in [1.807, 2.05) is 0 Å². The second-order valence-corrected chi connectivity index (χ2v) is 6.47. The fraction of sp³-hybridized carbons (Fsp3) is 0.400. The summed E-state index contributed by atoms with van der Waals surface area (Å²) >= 11 is 8.82. The number of halogens is 3. The molecule has 4 nitrogen and oxygen atoms in total. The molecule has 0 saturated carbocycles. The number of nitrogens with one attached hydrogen (secondary N) is 1. The van der Waals surface area contributed by atoms with Crippen LogP contribution < -0.4 is 4.72 Å². The molecule has 1 aromatic carbocycles. The molecule has 0 aliphatic carbocycles. The third kappa shape index (κ3) is 4.72. The van der Waals surface area contributed by atoms with E-state index in [1.54, 1.807) is 6.92 Å². The van der Waals surface area contributed by atoms with E-state index in [0.717, 1.165) is 12.1 Å². The Hall–Kier alpha value is -0.370. The van der Waals surface area contributed by atoms with Crippen molar-refractivity contribution in [1.29, 1.82) is 0 Å². The van der Waals surface area contributed by atoms with Crippen molar-refractivity contribution in [3.05, 3.63) is 27.4 Å². The monoisotopic (exact) mass is 359 g/mol. The first-order valence-corrected chi connectivity index (χ1v) is 7.91. The summed E-state index contributed by atoms with van der Waals surface area (Å²) in [4.78, 5) is 0. The zero-order valence-corrected chi connectivity index (χ0v) is 12.7. The van der Waals surface area contributed by atoms with E-state index in [9.17, 15) is 12.8 Å². The van der Waals surface area contributed by atoms with Crippen molar-refractivity contribution < 1.29 is 17.5 Å². The van der Waals surface area contributed by atoms with Gasteiger partial charge in [-0.1, -0.05) is 11.6 Å². The SMILES string of the molecule is CCOCCS(=O)(=O)Nc1c(Cl)cc(F)cc1Br. The molecule has 0 radical (unpaired) electrons. The highest BCUT2D eigenvalue weighted by atomic mass is 79.9. The van der Waals surface area contributed by atoms with Crippen molar-refractivity contribution in [2.24, 2.45) is 0 Å². The average molecular weight is 361 g/mol. The number of sulfonamides is 1. The summed E-state index contributed by atoms with van der Waals surface area (Å²) in [6.45, 7) is 2.30. The lowest BCUT2D eigenvalue weighted by atomic mass is 10.3. The normalized spacial score (nSPS) is 11.6. The number of ether oxygens (including phenoxy) is 1. The minimum Gasteiger partial charge on any atom is -0.381 e. The van der Waals surface area contributed by atoms with Crippen molar-refractivity contribution in [3.63, 3.8) is 0 Å². The molecule has 1 N–H and O–H groups in total. The lowest BCUT2D eigenvalue weighted by molar-refractivity contribution is 0.163. The van der Waals surface area contributed by atoms with Crippen LogP contribution in [0, 0.1) is 5.82 Å². The Kier molecular flexibility index (Phi) is 5.84. The Morgan fingerprint density at radius 1 is 1.50 bits per heavy atom. The molecule has 0 aromatic heterocycles. The summed E-state index contributed by atoms with van der Waals surface area (Å²) in [6, 6.07) is 2.17. The minimum absolute atomic E-state index is 0.0122. The molecule has 18 heavy (non-hydrogen) atoms. The van der Waals surface area contributed by atoms with Gasteiger partial charge in [0, 0.05) is 11.1 Å². The lowest BCUT2D eigenvalue weighted by Crippen LogP contribution is -2.20. The molecule has 0 saturated heterocycles. The molecule has 1 rings (SSSR count). The Bertz CT molecular complexity index is 501. The third-order valence-corrected chi connectivity index (χ3v) is 4.11. The van der Waals surface area contributed by atoms with Crippen molar-refractivity contribution >= 4 is 43.2 Å². The summed E-state index contributed by atoms with van der Waals surface area (Å²) < 4.78 is 43.9. The number of hydrogen-bond acceptors (Lipinski definition) is 3. The molecule has 0 unspecified atom stereocenters. The van der Waals surface area contributed by atoms with Crippen LogP contribution in [0.25, 0.3) is 0 Å². The molecule has 1 aromatic rings. The van der Waals surface area contributed by atoms with E-state index in [1.165, 1.54) is 0 Å². The van der Waals surface area contributed by atoms with Crippen LogP contribution in [0.3, 0.4) is 0 Å². The number of hydrogen-bond donors (Lipinski definition) is 1. The summed E-state index contributed by atoms with van der Waals surface area (Å²) in [6.07, 6.45) is 0. The van der Waals surface area contributed by atoms with Gasteiger partial charge in [-0.3, -0.25) is 4.72 Å². The van der Waals surface area contributed by atoms with Crippen LogP contribution in [-0.4, -0.2) is 27.4 Å². The number of rotatable bonds is 6. The predicted octanol–water partition coefficient (Wildman–Crippen LogP) is 3.02. The maximum absolute atomic E-state index is 13.0. The zero-order chi connectivity index (χ0) is 13.8. The fourth-order valence-electron chi connectivity index (χ4n) is 1.16. The van der Waals surface area contributed by atoms with Crippen LogP contribution in [0.5, 0.6) is 0 Å². The van der Waals surface area contributed by atoms with Gasteiger partial charge in [0.05, 0.1) is 23.1 Å². The maximum atomic E-state index is 13.0. The van der Waals surface area contributed by atoms with Crippen molar-refractivity contribution in [1.82, 2.24) is 0 Å².